The summed E-state index contributed by atoms with van der Waals surface area (Å²) >= 11 is 1.39. The van der Waals surface area contributed by atoms with Crippen LogP contribution in [0.25, 0.3) is 11.5 Å². The molecule has 156 valence electrons. The molecule has 0 fully saturated rings. The van der Waals surface area contributed by atoms with Crippen molar-refractivity contribution < 1.29 is 26.7 Å². The first-order chi connectivity index (χ1) is 13.5. The second-order valence-electron chi connectivity index (χ2n) is 5.76. The number of pyridine rings is 1. The molecule has 0 aliphatic rings. The van der Waals surface area contributed by atoms with E-state index in [-0.39, 0.29) is 12.2 Å². The molecule has 29 heavy (non-hydrogen) atoms. The Bertz CT molecular complexity index is 985. The predicted molar refractivity (Wildman–Crippen MR) is 94.9 cm³/mol. The Labute approximate surface area is 166 Å². The molecular formula is C17H15F5N4O2S. The first-order valence-electron chi connectivity index (χ1n) is 8.14. The molecule has 0 spiro atoms. The van der Waals surface area contributed by atoms with Crippen molar-refractivity contribution in [2.75, 3.05) is 12.4 Å². The van der Waals surface area contributed by atoms with Crippen LogP contribution in [0.4, 0.5) is 22.0 Å². The van der Waals surface area contributed by atoms with Gasteiger partial charge in [0.2, 0.25) is 5.75 Å². The van der Waals surface area contributed by atoms with E-state index in [2.05, 4.69) is 14.7 Å². The number of ether oxygens (including phenoxy) is 1. The van der Waals surface area contributed by atoms with E-state index < -0.39 is 30.0 Å². The van der Waals surface area contributed by atoms with E-state index in [0.29, 0.717) is 21.9 Å². The highest BCUT2D eigenvalue weighted by Crippen LogP contribution is 2.35. The van der Waals surface area contributed by atoms with Crippen LogP contribution in [0, 0.1) is 11.3 Å². The molecule has 0 aromatic carbocycles. The van der Waals surface area contributed by atoms with E-state index in [1.807, 2.05) is 13.0 Å². The number of nitrogens with zero attached hydrogens (tertiary/aromatic N) is 4. The van der Waals surface area contributed by atoms with Gasteiger partial charge in [0, 0.05) is 18.1 Å². The standard InChI is InChI=1S/C17H15F5N4O2S/c1-3-29-12-6-10(4-5-23)7-24-13(12)14-25-8-11(15(27)26(14)2)28-9-16(18,19)17(20,21)22/h6-8H,3-4,9H2,1-2H3. The molecule has 0 bridgehead atoms. The molecule has 2 aromatic heterocycles. The monoisotopic (exact) mass is 434 g/mol. The maximum atomic E-state index is 13.0. The van der Waals surface area contributed by atoms with E-state index in [1.54, 1.807) is 6.07 Å². The Hall–Kier alpha value is -2.68. The van der Waals surface area contributed by atoms with Gasteiger partial charge in [-0.15, -0.1) is 11.8 Å². The third-order valence-corrected chi connectivity index (χ3v) is 4.58. The van der Waals surface area contributed by atoms with Crippen molar-refractivity contribution in [1.29, 1.82) is 5.26 Å². The van der Waals surface area contributed by atoms with Gasteiger partial charge in [-0.3, -0.25) is 14.3 Å². The van der Waals surface area contributed by atoms with Crippen LogP contribution in [0.2, 0.25) is 0 Å². The van der Waals surface area contributed by atoms with Crippen molar-refractivity contribution in [3.63, 3.8) is 0 Å². The normalized spacial score (nSPS) is 11.9. The van der Waals surface area contributed by atoms with Crippen LogP contribution < -0.4 is 10.3 Å². The average molecular weight is 434 g/mol. The molecule has 0 aliphatic carbocycles. The van der Waals surface area contributed by atoms with Crippen molar-refractivity contribution in [3.05, 3.63) is 34.4 Å². The summed E-state index contributed by atoms with van der Waals surface area (Å²) in [6.45, 7) is -0.152. The zero-order valence-electron chi connectivity index (χ0n) is 15.3. The van der Waals surface area contributed by atoms with E-state index in [4.69, 9.17) is 5.26 Å². The molecule has 0 saturated heterocycles. The molecule has 2 heterocycles. The molecule has 6 nitrogen and oxygen atoms in total. The van der Waals surface area contributed by atoms with Gasteiger partial charge in [-0.05, 0) is 17.4 Å². The first-order valence-corrected chi connectivity index (χ1v) is 9.12. The number of halogens is 5. The quantitative estimate of drug-likeness (QED) is 0.489. The van der Waals surface area contributed by atoms with E-state index >= 15 is 0 Å². The molecule has 0 N–H and O–H groups in total. The van der Waals surface area contributed by atoms with Gasteiger partial charge in [0.05, 0.1) is 18.7 Å². The topological polar surface area (TPSA) is 80.8 Å². The third kappa shape index (κ3) is 5.03. The van der Waals surface area contributed by atoms with Crippen molar-refractivity contribution >= 4 is 11.8 Å². The molecule has 0 unspecified atom stereocenters. The van der Waals surface area contributed by atoms with Gasteiger partial charge in [0.1, 0.15) is 5.69 Å². The lowest BCUT2D eigenvalue weighted by Gasteiger charge is -2.19. The number of hydrogen-bond donors (Lipinski definition) is 0. The average Bonchev–Trinajstić information content (AvgIpc) is 2.63. The predicted octanol–water partition coefficient (Wildman–Crippen LogP) is 3.60. The van der Waals surface area contributed by atoms with Crippen LogP contribution in [0.3, 0.4) is 0 Å². The van der Waals surface area contributed by atoms with Crippen molar-refractivity contribution in [2.45, 2.75) is 30.3 Å². The summed E-state index contributed by atoms with van der Waals surface area (Å²) < 4.78 is 68.1. The number of nitriles is 1. The Morgan fingerprint density at radius 2 is 1.93 bits per heavy atom. The van der Waals surface area contributed by atoms with Gasteiger partial charge >= 0.3 is 12.1 Å². The molecule has 12 heteroatoms. The summed E-state index contributed by atoms with van der Waals surface area (Å²) in [5.74, 6) is -5.12. The maximum absolute atomic E-state index is 13.0. The van der Waals surface area contributed by atoms with E-state index in [1.165, 1.54) is 25.0 Å². The number of aromatic nitrogens is 3. The Morgan fingerprint density at radius 1 is 1.24 bits per heavy atom. The van der Waals surface area contributed by atoms with Gasteiger partial charge in [-0.2, -0.15) is 27.2 Å². The van der Waals surface area contributed by atoms with Gasteiger partial charge in [0.15, 0.2) is 12.4 Å². The van der Waals surface area contributed by atoms with Gasteiger partial charge in [-0.1, -0.05) is 6.92 Å². The third-order valence-electron chi connectivity index (χ3n) is 3.67. The lowest BCUT2D eigenvalue weighted by Crippen LogP contribution is -2.42. The number of rotatable bonds is 7. The highest BCUT2D eigenvalue weighted by Gasteiger charge is 2.58. The maximum Gasteiger partial charge on any atom is 0.456 e. The number of thioether (sulfide) groups is 1. The summed E-state index contributed by atoms with van der Waals surface area (Å²) in [6.07, 6.45) is -3.43. The van der Waals surface area contributed by atoms with Crippen LogP contribution >= 0.6 is 11.8 Å². The van der Waals surface area contributed by atoms with Crippen molar-refractivity contribution in [1.82, 2.24) is 14.5 Å². The van der Waals surface area contributed by atoms with Gasteiger partial charge < -0.3 is 4.74 Å². The number of alkyl halides is 5. The Kier molecular flexibility index (Phi) is 6.84. The fourth-order valence-corrected chi connectivity index (χ4v) is 3.03. The fraction of sp³-hybridized carbons (Fsp3) is 0.412. The zero-order chi connectivity index (χ0) is 21.8. The first kappa shape index (κ1) is 22.6. The molecule has 0 amide bonds. The van der Waals surface area contributed by atoms with Crippen LogP contribution in [-0.2, 0) is 13.5 Å². The smallest absolute Gasteiger partial charge is 0.456 e. The Balaban J connectivity index is 2.40. The van der Waals surface area contributed by atoms with Crippen LogP contribution in [-0.4, -0.2) is 39.0 Å². The van der Waals surface area contributed by atoms with Gasteiger partial charge in [0.25, 0.3) is 5.56 Å². The molecule has 2 rings (SSSR count). The molecule has 2 aromatic rings. The molecular weight excluding hydrogens is 419 g/mol. The van der Waals surface area contributed by atoms with Crippen LogP contribution in [0.5, 0.6) is 5.75 Å². The largest absolute Gasteiger partial charge is 0.480 e. The summed E-state index contributed by atoms with van der Waals surface area (Å²) in [7, 11) is 1.27. The summed E-state index contributed by atoms with van der Waals surface area (Å²) in [6, 6.07) is 3.72. The van der Waals surface area contributed by atoms with Gasteiger partial charge in [-0.25, -0.2) is 4.98 Å². The fourth-order valence-electron chi connectivity index (χ4n) is 2.20. The van der Waals surface area contributed by atoms with E-state index in [0.717, 1.165) is 10.8 Å². The van der Waals surface area contributed by atoms with E-state index in [9.17, 15) is 26.7 Å². The summed E-state index contributed by atoms with van der Waals surface area (Å²) in [4.78, 5) is 21.2. The molecule has 0 atom stereocenters. The summed E-state index contributed by atoms with van der Waals surface area (Å²) in [5.41, 5.74) is 0.0279. The highest BCUT2D eigenvalue weighted by molar-refractivity contribution is 7.99. The van der Waals surface area contributed by atoms with Crippen molar-refractivity contribution in [2.24, 2.45) is 7.05 Å². The zero-order valence-corrected chi connectivity index (χ0v) is 16.1. The van der Waals surface area contributed by atoms with Crippen LogP contribution in [0.15, 0.2) is 28.2 Å². The minimum absolute atomic E-state index is 0.0735. The second-order valence-corrected chi connectivity index (χ2v) is 7.07. The summed E-state index contributed by atoms with van der Waals surface area (Å²) in [5, 5.41) is 8.82. The minimum Gasteiger partial charge on any atom is -0.480 e. The highest BCUT2D eigenvalue weighted by atomic mass is 32.2. The van der Waals surface area contributed by atoms with Crippen LogP contribution in [0.1, 0.15) is 12.5 Å². The SMILES string of the molecule is CCSc1cc(CC#N)cnc1-c1ncc(OCC(F)(F)C(F)(F)F)c(=O)n1C. The molecule has 0 radical (unpaired) electrons. The van der Waals surface area contributed by atoms with Crippen molar-refractivity contribution in [3.8, 4) is 23.3 Å². The minimum atomic E-state index is -5.80. The lowest BCUT2D eigenvalue weighted by atomic mass is 10.2. The second kappa shape index (κ2) is 8.77. The Morgan fingerprint density at radius 3 is 2.52 bits per heavy atom. The lowest BCUT2D eigenvalue weighted by molar-refractivity contribution is -0.290. The number of hydrogen-bond acceptors (Lipinski definition) is 6. The molecule has 0 aliphatic heterocycles. The molecule has 0 saturated carbocycles.